The van der Waals surface area contributed by atoms with Crippen LogP contribution < -0.4 is 11.1 Å². The molecule has 1 unspecified atom stereocenters. The Bertz CT molecular complexity index is 511. The third kappa shape index (κ3) is 3.06. The van der Waals surface area contributed by atoms with Gasteiger partial charge in [-0.3, -0.25) is 0 Å². The fourth-order valence-electron chi connectivity index (χ4n) is 2.37. The minimum atomic E-state index is -0.284. The van der Waals surface area contributed by atoms with E-state index in [4.69, 9.17) is 22.7 Å². The summed E-state index contributed by atoms with van der Waals surface area (Å²) in [5.41, 5.74) is 7.27. The molecule has 1 heterocycles. The van der Waals surface area contributed by atoms with E-state index in [1.165, 1.54) is 4.88 Å². The number of thiocarbonyl (C=S) groups is 1. The Morgan fingerprint density at radius 3 is 3.00 bits per heavy atom. The van der Waals surface area contributed by atoms with Crippen molar-refractivity contribution in [2.75, 3.05) is 11.9 Å². The predicted molar refractivity (Wildman–Crippen MR) is 81.9 cm³/mol. The summed E-state index contributed by atoms with van der Waals surface area (Å²) < 4.78 is 5.15. The molecule has 0 aromatic carbocycles. The number of hydrogen-bond acceptors (Lipinski definition) is 4. The average molecular weight is 298 g/mol. The SMILES string of the molecule is CCOC(=O)c1c(NC(N)=S)sc2c1CCC(C)C2. The van der Waals surface area contributed by atoms with Gasteiger partial charge in [0.1, 0.15) is 5.00 Å². The third-order valence-corrected chi connectivity index (χ3v) is 4.50. The molecule has 6 heteroatoms. The number of anilines is 1. The highest BCUT2D eigenvalue weighted by atomic mass is 32.1. The summed E-state index contributed by atoms with van der Waals surface area (Å²) in [5, 5.41) is 3.82. The molecule has 0 spiro atoms. The van der Waals surface area contributed by atoms with Crippen molar-refractivity contribution in [1.82, 2.24) is 0 Å². The summed E-state index contributed by atoms with van der Waals surface area (Å²) in [6.07, 6.45) is 3.02. The number of carbonyl (C=O) groups is 1. The van der Waals surface area contributed by atoms with Gasteiger partial charge in [0.25, 0.3) is 0 Å². The summed E-state index contributed by atoms with van der Waals surface area (Å²) in [6.45, 7) is 4.40. The Morgan fingerprint density at radius 1 is 1.63 bits per heavy atom. The van der Waals surface area contributed by atoms with Crippen molar-refractivity contribution in [3.63, 3.8) is 0 Å². The van der Waals surface area contributed by atoms with Gasteiger partial charge in [-0.05, 0) is 49.9 Å². The van der Waals surface area contributed by atoms with Crippen LogP contribution in [-0.2, 0) is 17.6 Å². The van der Waals surface area contributed by atoms with E-state index >= 15 is 0 Å². The fourth-order valence-corrected chi connectivity index (χ4v) is 3.95. The lowest BCUT2D eigenvalue weighted by atomic mass is 9.88. The maximum atomic E-state index is 12.1. The molecule has 0 amide bonds. The van der Waals surface area contributed by atoms with Crippen LogP contribution in [0.15, 0.2) is 0 Å². The highest BCUT2D eigenvalue weighted by Gasteiger charge is 2.28. The fraction of sp³-hybridized carbons (Fsp3) is 0.538. The second-order valence-corrected chi connectivity index (χ2v) is 6.31. The first kappa shape index (κ1) is 14.3. The third-order valence-electron chi connectivity index (χ3n) is 3.23. The van der Waals surface area contributed by atoms with Gasteiger partial charge in [-0.2, -0.15) is 0 Å². The van der Waals surface area contributed by atoms with Crippen molar-refractivity contribution in [3.8, 4) is 0 Å². The van der Waals surface area contributed by atoms with Crippen LogP contribution in [0.3, 0.4) is 0 Å². The number of fused-ring (bicyclic) bond motifs is 1. The molecule has 19 heavy (non-hydrogen) atoms. The van der Waals surface area contributed by atoms with Crippen LogP contribution in [0.1, 0.15) is 41.1 Å². The van der Waals surface area contributed by atoms with Crippen LogP contribution in [0.25, 0.3) is 0 Å². The van der Waals surface area contributed by atoms with Gasteiger partial charge in [0.05, 0.1) is 12.2 Å². The highest BCUT2D eigenvalue weighted by Crippen LogP contribution is 2.39. The van der Waals surface area contributed by atoms with Gasteiger partial charge in [-0.1, -0.05) is 6.92 Å². The smallest absolute Gasteiger partial charge is 0.341 e. The summed E-state index contributed by atoms with van der Waals surface area (Å²) >= 11 is 6.44. The molecule has 1 aromatic heterocycles. The highest BCUT2D eigenvalue weighted by molar-refractivity contribution is 7.80. The zero-order valence-electron chi connectivity index (χ0n) is 11.1. The lowest BCUT2D eigenvalue weighted by Crippen LogP contribution is -2.20. The zero-order chi connectivity index (χ0) is 14.0. The Hall–Kier alpha value is -1.14. The first-order chi connectivity index (χ1) is 9.02. The molecule has 1 aromatic rings. The molecule has 4 nitrogen and oxygen atoms in total. The largest absolute Gasteiger partial charge is 0.462 e. The van der Waals surface area contributed by atoms with Crippen molar-refractivity contribution in [3.05, 3.63) is 16.0 Å². The van der Waals surface area contributed by atoms with E-state index in [-0.39, 0.29) is 11.1 Å². The van der Waals surface area contributed by atoms with Crippen molar-refractivity contribution in [2.45, 2.75) is 33.1 Å². The molecular weight excluding hydrogens is 280 g/mol. The summed E-state index contributed by atoms with van der Waals surface area (Å²) in [5.74, 6) is 0.368. The number of rotatable bonds is 3. The Labute approximate surface area is 122 Å². The van der Waals surface area contributed by atoms with Crippen LogP contribution in [0.2, 0.25) is 0 Å². The van der Waals surface area contributed by atoms with Gasteiger partial charge in [0.15, 0.2) is 5.11 Å². The second kappa shape index (κ2) is 5.88. The van der Waals surface area contributed by atoms with Crippen molar-refractivity contribution < 1.29 is 9.53 Å². The minimum Gasteiger partial charge on any atom is -0.462 e. The van der Waals surface area contributed by atoms with Crippen molar-refractivity contribution in [1.29, 1.82) is 0 Å². The average Bonchev–Trinajstić information content (AvgIpc) is 2.65. The predicted octanol–water partition coefficient (Wildman–Crippen LogP) is 2.71. The number of nitrogens with two attached hydrogens (primary N) is 1. The van der Waals surface area contributed by atoms with Crippen LogP contribution in [-0.4, -0.2) is 17.7 Å². The van der Waals surface area contributed by atoms with Gasteiger partial charge >= 0.3 is 5.97 Å². The normalized spacial score (nSPS) is 17.7. The van der Waals surface area contributed by atoms with Crippen LogP contribution in [0, 0.1) is 5.92 Å². The lowest BCUT2D eigenvalue weighted by molar-refractivity contribution is 0.0526. The molecule has 1 aliphatic carbocycles. The van der Waals surface area contributed by atoms with E-state index in [1.54, 1.807) is 18.3 Å². The van der Waals surface area contributed by atoms with Gasteiger partial charge in [-0.15, -0.1) is 11.3 Å². The number of hydrogen-bond donors (Lipinski definition) is 2. The molecule has 104 valence electrons. The van der Waals surface area contributed by atoms with Crippen LogP contribution >= 0.6 is 23.6 Å². The Kier molecular flexibility index (Phi) is 4.42. The Balaban J connectivity index is 2.41. The molecule has 0 fully saturated rings. The van der Waals surface area contributed by atoms with Gasteiger partial charge in [0, 0.05) is 4.88 Å². The van der Waals surface area contributed by atoms with Crippen molar-refractivity contribution >= 4 is 39.6 Å². The molecule has 0 aliphatic heterocycles. The van der Waals surface area contributed by atoms with E-state index in [0.29, 0.717) is 18.1 Å². The molecule has 2 rings (SSSR count). The van der Waals surface area contributed by atoms with E-state index in [2.05, 4.69) is 12.2 Å². The molecule has 0 bridgehead atoms. The van der Waals surface area contributed by atoms with E-state index < -0.39 is 0 Å². The summed E-state index contributed by atoms with van der Waals surface area (Å²) in [7, 11) is 0. The first-order valence-corrected chi connectivity index (χ1v) is 7.63. The molecular formula is C13H18N2O2S2. The van der Waals surface area contributed by atoms with Gasteiger partial charge in [0.2, 0.25) is 0 Å². The molecule has 0 saturated carbocycles. The monoisotopic (exact) mass is 298 g/mol. The Morgan fingerprint density at radius 2 is 2.37 bits per heavy atom. The van der Waals surface area contributed by atoms with E-state index in [0.717, 1.165) is 29.8 Å². The number of thiophene rings is 1. The van der Waals surface area contributed by atoms with E-state index in [1.807, 2.05) is 0 Å². The summed E-state index contributed by atoms with van der Waals surface area (Å²) in [4.78, 5) is 13.4. The molecule has 1 aliphatic rings. The molecule has 0 saturated heterocycles. The maximum absolute atomic E-state index is 12.1. The van der Waals surface area contributed by atoms with Gasteiger partial charge < -0.3 is 15.8 Å². The molecule has 0 radical (unpaired) electrons. The number of esters is 1. The number of ether oxygens (including phenoxy) is 1. The number of carbonyl (C=O) groups excluding carboxylic acids is 1. The lowest BCUT2D eigenvalue weighted by Gasteiger charge is -2.18. The molecule has 3 N–H and O–H groups in total. The zero-order valence-corrected chi connectivity index (χ0v) is 12.7. The first-order valence-electron chi connectivity index (χ1n) is 6.41. The topological polar surface area (TPSA) is 64.3 Å². The van der Waals surface area contributed by atoms with Crippen LogP contribution in [0.4, 0.5) is 5.00 Å². The van der Waals surface area contributed by atoms with Gasteiger partial charge in [-0.25, -0.2) is 4.79 Å². The standard InChI is InChI=1S/C13H18N2O2S2/c1-3-17-12(16)10-8-5-4-7(2)6-9(8)19-11(10)15-13(14)18/h7H,3-6H2,1-2H3,(H3,14,15,18). The second-order valence-electron chi connectivity index (χ2n) is 4.77. The quantitative estimate of drug-likeness (QED) is 0.663. The van der Waals surface area contributed by atoms with Crippen LogP contribution in [0.5, 0.6) is 0 Å². The minimum absolute atomic E-state index is 0.178. The molecule has 1 atom stereocenters. The van der Waals surface area contributed by atoms with Crippen molar-refractivity contribution in [2.24, 2.45) is 11.7 Å². The maximum Gasteiger partial charge on any atom is 0.341 e. The summed E-state index contributed by atoms with van der Waals surface area (Å²) in [6, 6.07) is 0. The van der Waals surface area contributed by atoms with E-state index in [9.17, 15) is 4.79 Å². The number of nitrogens with one attached hydrogen (secondary N) is 1.